The van der Waals surface area contributed by atoms with E-state index in [2.05, 4.69) is 20.8 Å². The molecule has 21 heavy (non-hydrogen) atoms. The molecule has 3 nitrogen and oxygen atoms in total. The Morgan fingerprint density at radius 2 is 2.05 bits per heavy atom. The summed E-state index contributed by atoms with van der Waals surface area (Å²) in [5.74, 6) is 4.40. The fourth-order valence-corrected chi connectivity index (χ4v) is 3.10. The lowest BCUT2D eigenvalue weighted by atomic mass is 9.81. The van der Waals surface area contributed by atoms with E-state index < -0.39 is 0 Å². The van der Waals surface area contributed by atoms with E-state index in [4.69, 9.17) is 14.2 Å². The second-order valence-corrected chi connectivity index (χ2v) is 6.43. The maximum Gasteiger partial charge on any atom is 0.231 e. The topological polar surface area (TPSA) is 27.7 Å². The Morgan fingerprint density at radius 3 is 2.81 bits per heavy atom. The average Bonchev–Trinajstić information content (AvgIpc) is 2.93. The average molecular weight is 288 g/mol. The van der Waals surface area contributed by atoms with E-state index in [1.165, 1.54) is 24.2 Å². The number of allylic oxidation sites excluding steroid dienone is 2. The molecule has 3 rings (SSSR count). The van der Waals surface area contributed by atoms with Gasteiger partial charge in [-0.2, -0.15) is 0 Å². The van der Waals surface area contributed by atoms with Crippen molar-refractivity contribution in [2.45, 2.75) is 46.6 Å². The van der Waals surface area contributed by atoms with Gasteiger partial charge in [0.15, 0.2) is 11.5 Å². The van der Waals surface area contributed by atoms with Crippen molar-refractivity contribution in [3.05, 3.63) is 35.1 Å². The van der Waals surface area contributed by atoms with Crippen LogP contribution >= 0.6 is 0 Å². The summed E-state index contributed by atoms with van der Waals surface area (Å²) < 4.78 is 16.8. The van der Waals surface area contributed by atoms with Gasteiger partial charge in [-0.05, 0) is 54.9 Å². The highest BCUT2D eigenvalue weighted by Gasteiger charge is 2.22. The third-order valence-corrected chi connectivity index (χ3v) is 4.58. The fraction of sp³-hybridized carbons (Fsp3) is 0.556. The van der Waals surface area contributed by atoms with E-state index in [0.29, 0.717) is 13.4 Å². The minimum atomic E-state index is 0.320. The predicted molar refractivity (Wildman–Crippen MR) is 82.2 cm³/mol. The maximum atomic E-state index is 6.05. The lowest BCUT2D eigenvalue weighted by Gasteiger charge is -2.28. The Bertz CT molecular complexity index is 545. The minimum Gasteiger partial charge on any atom is -0.493 e. The fourth-order valence-electron chi connectivity index (χ4n) is 3.10. The van der Waals surface area contributed by atoms with Gasteiger partial charge in [0.25, 0.3) is 0 Å². The Balaban J connectivity index is 1.61. The number of hydrogen-bond acceptors (Lipinski definition) is 3. The van der Waals surface area contributed by atoms with Gasteiger partial charge in [0, 0.05) is 6.42 Å². The SMILES string of the molecule is CC1=C(OCc2ccc3c(c2)OCO3)CCC(C(C)C)C1. The number of hydrogen-bond donors (Lipinski definition) is 0. The third-order valence-electron chi connectivity index (χ3n) is 4.58. The highest BCUT2D eigenvalue weighted by atomic mass is 16.7. The van der Waals surface area contributed by atoms with Crippen molar-refractivity contribution >= 4 is 0 Å². The maximum absolute atomic E-state index is 6.05. The molecule has 1 aromatic rings. The summed E-state index contributed by atoms with van der Waals surface area (Å²) in [6.45, 7) is 7.77. The molecule has 1 aliphatic carbocycles. The molecule has 0 bridgehead atoms. The van der Waals surface area contributed by atoms with Gasteiger partial charge < -0.3 is 14.2 Å². The number of fused-ring (bicyclic) bond motifs is 1. The molecule has 0 saturated carbocycles. The second kappa shape index (κ2) is 6.00. The molecule has 1 unspecified atom stereocenters. The van der Waals surface area contributed by atoms with Crippen molar-refractivity contribution in [2.75, 3.05) is 6.79 Å². The van der Waals surface area contributed by atoms with Crippen LogP contribution in [-0.4, -0.2) is 6.79 Å². The molecule has 114 valence electrons. The van der Waals surface area contributed by atoms with Crippen LogP contribution in [0.4, 0.5) is 0 Å². The molecule has 0 aromatic heterocycles. The highest BCUT2D eigenvalue weighted by molar-refractivity contribution is 5.44. The Hall–Kier alpha value is -1.64. The first-order valence-corrected chi connectivity index (χ1v) is 7.83. The molecule has 1 aliphatic heterocycles. The molecule has 1 heterocycles. The monoisotopic (exact) mass is 288 g/mol. The second-order valence-electron chi connectivity index (χ2n) is 6.43. The Kier molecular flexibility index (Phi) is 4.09. The molecule has 3 heteroatoms. The van der Waals surface area contributed by atoms with E-state index in [1.807, 2.05) is 18.2 Å². The first-order valence-electron chi connectivity index (χ1n) is 7.83. The van der Waals surface area contributed by atoms with Crippen molar-refractivity contribution in [3.8, 4) is 11.5 Å². The highest BCUT2D eigenvalue weighted by Crippen LogP contribution is 2.36. The number of ether oxygens (including phenoxy) is 3. The van der Waals surface area contributed by atoms with Crippen molar-refractivity contribution in [3.63, 3.8) is 0 Å². The zero-order valence-electron chi connectivity index (χ0n) is 13.1. The molecule has 1 aromatic carbocycles. The third kappa shape index (κ3) is 3.17. The molecule has 0 fully saturated rings. The standard InChI is InChI=1S/C18H24O3/c1-12(2)15-5-7-16(13(3)8-15)19-10-14-4-6-17-18(9-14)21-11-20-17/h4,6,9,12,15H,5,7-8,10-11H2,1-3H3. The summed E-state index contributed by atoms with van der Waals surface area (Å²) in [5, 5.41) is 0. The molecule has 1 atom stereocenters. The van der Waals surface area contributed by atoms with Crippen molar-refractivity contribution in [1.82, 2.24) is 0 Å². The van der Waals surface area contributed by atoms with Gasteiger partial charge in [0.2, 0.25) is 6.79 Å². The molecule has 0 saturated heterocycles. The van der Waals surface area contributed by atoms with Crippen LogP contribution in [0, 0.1) is 11.8 Å². The van der Waals surface area contributed by atoms with Gasteiger partial charge in [0.1, 0.15) is 6.61 Å². The molecular formula is C18H24O3. The number of benzene rings is 1. The van der Waals surface area contributed by atoms with Crippen LogP contribution in [0.25, 0.3) is 0 Å². The molecular weight excluding hydrogens is 264 g/mol. The van der Waals surface area contributed by atoms with Crippen LogP contribution in [0.5, 0.6) is 11.5 Å². The predicted octanol–water partition coefficient (Wildman–Crippen LogP) is 4.66. The van der Waals surface area contributed by atoms with Gasteiger partial charge in [-0.3, -0.25) is 0 Å². The Morgan fingerprint density at radius 1 is 1.24 bits per heavy atom. The van der Waals surface area contributed by atoms with Crippen molar-refractivity contribution < 1.29 is 14.2 Å². The van der Waals surface area contributed by atoms with Crippen molar-refractivity contribution in [1.29, 1.82) is 0 Å². The van der Waals surface area contributed by atoms with Gasteiger partial charge >= 0.3 is 0 Å². The van der Waals surface area contributed by atoms with Crippen LogP contribution in [0.2, 0.25) is 0 Å². The molecule has 0 amide bonds. The van der Waals surface area contributed by atoms with Gasteiger partial charge in [-0.1, -0.05) is 19.9 Å². The summed E-state index contributed by atoms with van der Waals surface area (Å²) in [7, 11) is 0. The zero-order chi connectivity index (χ0) is 14.8. The minimum absolute atomic E-state index is 0.320. The molecule has 2 aliphatic rings. The first-order chi connectivity index (χ1) is 10.1. The molecule has 0 spiro atoms. The van der Waals surface area contributed by atoms with Crippen LogP contribution < -0.4 is 9.47 Å². The molecule has 0 radical (unpaired) electrons. The van der Waals surface area contributed by atoms with Gasteiger partial charge in [0.05, 0.1) is 5.76 Å². The zero-order valence-corrected chi connectivity index (χ0v) is 13.1. The normalized spacial score (nSPS) is 21.0. The van der Waals surface area contributed by atoms with Gasteiger partial charge in [-0.25, -0.2) is 0 Å². The van der Waals surface area contributed by atoms with E-state index in [0.717, 1.165) is 35.3 Å². The summed E-state index contributed by atoms with van der Waals surface area (Å²) in [6.07, 6.45) is 3.48. The smallest absolute Gasteiger partial charge is 0.231 e. The lowest BCUT2D eigenvalue weighted by molar-refractivity contribution is 0.164. The largest absolute Gasteiger partial charge is 0.493 e. The van der Waals surface area contributed by atoms with Crippen LogP contribution in [0.1, 0.15) is 45.6 Å². The molecule has 0 N–H and O–H groups in total. The van der Waals surface area contributed by atoms with E-state index in [-0.39, 0.29) is 0 Å². The summed E-state index contributed by atoms with van der Waals surface area (Å²) in [5.41, 5.74) is 2.55. The van der Waals surface area contributed by atoms with Crippen molar-refractivity contribution in [2.24, 2.45) is 11.8 Å². The lowest BCUT2D eigenvalue weighted by Crippen LogP contribution is -2.15. The van der Waals surface area contributed by atoms with E-state index in [1.54, 1.807) is 0 Å². The van der Waals surface area contributed by atoms with Crippen LogP contribution in [-0.2, 0) is 11.3 Å². The Labute approximate surface area is 126 Å². The summed E-state index contributed by atoms with van der Waals surface area (Å²) >= 11 is 0. The van der Waals surface area contributed by atoms with E-state index >= 15 is 0 Å². The van der Waals surface area contributed by atoms with E-state index in [9.17, 15) is 0 Å². The quantitative estimate of drug-likeness (QED) is 0.806. The summed E-state index contributed by atoms with van der Waals surface area (Å²) in [4.78, 5) is 0. The van der Waals surface area contributed by atoms with Crippen LogP contribution in [0.15, 0.2) is 29.5 Å². The van der Waals surface area contributed by atoms with Crippen LogP contribution in [0.3, 0.4) is 0 Å². The van der Waals surface area contributed by atoms with Gasteiger partial charge in [-0.15, -0.1) is 0 Å². The first kappa shape index (κ1) is 14.3. The summed E-state index contributed by atoms with van der Waals surface area (Å²) in [6, 6.07) is 6.01. The number of rotatable bonds is 4.